The van der Waals surface area contributed by atoms with Crippen LogP contribution in [-0.2, 0) is 9.53 Å². The van der Waals surface area contributed by atoms with Crippen LogP contribution in [0, 0.1) is 0 Å². The highest BCUT2D eigenvalue weighted by atomic mass is 80.0. The lowest BCUT2D eigenvalue weighted by Crippen LogP contribution is -2.20. The van der Waals surface area contributed by atoms with Crippen molar-refractivity contribution in [3.05, 3.63) is 24.3 Å². The molecule has 0 saturated carbocycles. The Balaban J connectivity index is 3.28. The number of esters is 1. The minimum atomic E-state index is -0.939. The van der Waals surface area contributed by atoms with Crippen LogP contribution in [0.15, 0.2) is 24.3 Å². The summed E-state index contributed by atoms with van der Waals surface area (Å²) in [6.07, 6.45) is 23.7. The van der Waals surface area contributed by atoms with Crippen molar-refractivity contribution >= 4 is 53.8 Å². The van der Waals surface area contributed by atoms with E-state index in [0.717, 1.165) is 19.3 Å². The minimum Gasteiger partial charge on any atom is -0.463 e. The van der Waals surface area contributed by atoms with Crippen molar-refractivity contribution in [2.75, 3.05) is 6.61 Å². The van der Waals surface area contributed by atoms with Crippen molar-refractivity contribution in [2.45, 2.75) is 86.1 Å². The van der Waals surface area contributed by atoms with Crippen molar-refractivity contribution in [3.8, 4) is 0 Å². The van der Waals surface area contributed by atoms with Gasteiger partial charge in [-0.2, -0.15) is 0 Å². The summed E-state index contributed by atoms with van der Waals surface area (Å²) in [7, 11) is 0. The summed E-state index contributed by atoms with van der Waals surface area (Å²) in [5, 5.41) is 0. The van der Waals surface area contributed by atoms with E-state index in [9.17, 15) is 4.79 Å². The maximum Gasteiger partial charge on any atom is 0.344 e. The molecule has 25 heavy (non-hydrogen) atoms. The third kappa shape index (κ3) is 19.0. The van der Waals surface area contributed by atoms with Crippen LogP contribution < -0.4 is 0 Å². The molecular formula is C20H33Br3O2. The fraction of sp³-hybridized carbons (Fsp3) is 0.750. The molecule has 146 valence electrons. The number of hydrogen-bond donors (Lipinski definition) is 0. The zero-order valence-corrected chi connectivity index (χ0v) is 20.2. The lowest BCUT2D eigenvalue weighted by Gasteiger charge is -2.11. The number of allylic oxidation sites excluding steroid dienone is 4. The van der Waals surface area contributed by atoms with E-state index in [0.29, 0.717) is 6.61 Å². The third-order valence-electron chi connectivity index (χ3n) is 3.81. The van der Waals surface area contributed by atoms with Crippen LogP contribution in [0.3, 0.4) is 0 Å². The molecule has 0 N–H and O–H groups in total. The molecule has 0 atom stereocenters. The number of unbranched alkanes of at least 4 members (excludes halogenated alkanes) is 9. The lowest BCUT2D eigenvalue weighted by atomic mass is 10.1. The number of alkyl halides is 3. The van der Waals surface area contributed by atoms with E-state index in [1.54, 1.807) is 0 Å². The van der Waals surface area contributed by atoms with Crippen LogP contribution in [0.4, 0.5) is 0 Å². The highest BCUT2D eigenvalue weighted by molar-refractivity contribution is 9.40. The molecule has 0 amide bonds. The van der Waals surface area contributed by atoms with Gasteiger partial charge in [-0.25, -0.2) is 4.79 Å². The Bertz CT molecular complexity index is 374. The molecule has 0 spiro atoms. The van der Waals surface area contributed by atoms with Crippen LogP contribution in [0.1, 0.15) is 84.0 Å². The fourth-order valence-electron chi connectivity index (χ4n) is 2.34. The predicted octanol–water partition coefficient (Wildman–Crippen LogP) is 8.18. The molecule has 0 aliphatic rings. The van der Waals surface area contributed by atoms with Gasteiger partial charge in [0.05, 0.1) is 6.61 Å². The van der Waals surface area contributed by atoms with E-state index in [4.69, 9.17) is 4.74 Å². The van der Waals surface area contributed by atoms with Gasteiger partial charge in [-0.3, -0.25) is 0 Å². The standard InChI is InChI=1S/C20H33Br3O2/c1-2-3-4-5-6-7-8-9-10-11-12-13-14-15-16-17-18-25-19(24)20(21,22)23/h6-7,9-10H,2-5,8,11-18H2,1H3. The Hall–Kier alpha value is 0.390. The zero-order valence-electron chi connectivity index (χ0n) is 15.5. The quantitative estimate of drug-likeness (QED) is 0.0899. The largest absolute Gasteiger partial charge is 0.463 e. The van der Waals surface area contributed by atoms with Crippen LogP contribution in [0.5, 0.6) is 0 Å². The number of carbonyl (C=O) groups excluding carboxylic acids is 1. The average molecular weight is 545 g/mol. The Labute approximate surface area is 179 Å². The Morgan fingerprint density at radius 1 is 0.800 bits per heavy atom. The first-order valence-electron chi connectivity index (χ1n) is 9.52. The molecular weight excluding hydrogens is 512 g/mol. The molecule has 0 fully saturated rings. The van der Waals surface area contributed by atoms with Crippen molar-refractivity contribution in [3.63, 3.8) is 0 Å². The summed E-state index contributed by atoms with van der Waals surface area (Å²) in [5.41, 5.74) is 0. The minimum absolute atomic E-state index is 0.338. The summed E-state index contributed by atoms with van der Waals surface area (Å²) < 4.78 is 4.19. The summed E-state index contributed by atoms with van der Waals surface area (Å²) in [4.78, 5) is 11.5. The maximum atomic E-state index is 11.5. The van der Waals surface area contributed by atoms with E-state index < -0.39 is 2.14 Å². The SMILES string of the molecule is CCCCCC=CCC=CCCCCCCCCOC(=O)C(Br)(Br)Br. The van der Waals surface area contributed by atoms with E-state index >= 15 is 0 Å². The molecule has 0 aromatic heterocycles. The number of halogens is 3. The first kappa shape index (κ1) is 25.4. The van der Waals surface area contributed by atoms with E-state index in [1.807, 2.05) is 0 Å². The molecule has 0 radical (unpaired) electrons. The second-order valence-corrected chi connectivity index (χ2v) is 13.0. The molecule has 5 heteroatoms. The molecule has 0 heterocycles. The van der Waals surface area contributed by atoms with Crippen molar-refractivity contribution < 1.29 is 9.53 Å². The van der Waals surface area contributed by atoms with E-state index in [2.05, 4.69) is 79.0 Å². The molecule has 0 aliphatic heterocycles. The Morgan fingerprint density at radius 3 is 1.88 bits per heavy atom. The van der Waals surface area contributed by atoms with Crippen LogP contribution >= 0.6 is 47.8 Å². The smallest absolute Gasteiger partial charge is 0.344 e. The Kier molecular flexibility index (Phi) is 18.1. The number of hydrogen-bond acceptors (Lipinski definition) is 2. The normalized spacial score (nSPS) is 12.3. The molecule has 0 saturated heterocycles. The first-order chi connectivity index (χ1) is 12.0. The second-order valence-electron chi connectivity index (χ2n) is 6.22. The maximum absolute atomic E-state index is 11.5. The monoisotopic (exact) mass is 542 g/mol. The average Bonchev–Trinajstić information content (AvgIpc) is 2.56. The van der Waals surface area contributed by atoms with Crippen LogP contribution in [-0.4, -0.2) is 14.7 Å². The highest BCUT2D eigenvalue weighted by Crippen LogP contribution is 2.34. The molecule has 0 unspecified atom stereocenters. The summed E-state index contributed by atoms with van der Waals surface area (Å²) in [5.74, 6) is -0.338. The van der Waals surface area contributed by atoms with E-state index in [1.165, 1.54) is 57.8 Å². The van der Waals surface area contributed by atoms with E-state index in [-0.39, 0.29) is 5.97 Å². The van der Waals surface area contributed by atoms with Crippen molar-refractivity contribution in [1.29, 1.82) is 0 Å². The van der Waals surface area contributed by atoms with Crippen LogP contribution in [0.2, 0.25) is 0 Å². The van der Waals surface area contributed by atoms with Gasteiger partial charge in [0.25, 0.3) is 0 Å². The summed E-state index contributed by atoms with van der Waals surface area (Å²) in [6, 6.07) is 0. The molecule has 0 aliphatic carbocycles. The number of rotatable bonds is 15. The number of ether oxygens (including phenoxy) is 1. The fourth-order valence-corrected chi connectivity index (χ4v) is 2.68. The summed E-state index contributed by atoms with van der Waals surface area (Å²) in [6.45, 7) is 2.73. The molecule has 0 rings (SSSR count). The molecule has 0 aromatic carbocycles. The van der Waals surface area contributed by atoms with Gasteiger partial charge in [-0.15, -0.1) is 0 Å². The summed E-state index contributed by atoms with van der Waals surface area (Å²) >= 11 is 9.43. The van der Waals surface area contributed by atoms with Crippen molar-refractivity contribution in [1.82, 2.24) is 0 Å². The topological polar surface area (TPSA) is 26.3 Å². The Morgan fingerprint density at radius 2 is 1.32 bits per heavy atom. The second kappa shape index (κ2) is 17.8. The third-order valence-corrected chi connectivity index (χ3v) is 4.78. The molecule has 0 bridgehead atoms. The van der Waals surface area contributed by atoms with Gasteiger partial charge in [0.2, 0.25) is 2.14 Å². The van der Waals surface area contributed by atoms with Gasteiger partial charge in [0, 0.05) is 0 Å². The van der Waals surface area contributed by atoms with Gasteiger partial charge >= 0.3 is 5.97 Å². The van der Waals surface area contributed by atoms with Gasteiger partial charge in [0.15, 0.2) is 0 Å². The lowest BCUT2D eigenvalue weighted by molar-refractivity contribution is -0.141. The molecule has 2 nitrogen and oxygen atoms in total. The highest BCUT2D eigenvalue weighted by Gasteiger charge is 2.30. The molecule has 0 aromatic rings. The van der Waals surface area contributed by atoms with Gasteiger partial charge in [0.1, 0.15) is 0 Å². The zero-order chi connectivity index (χ0) is 18.8. The van der Waals surface area contributed by atoms with Gasteiger partial charge in [-0.1, -0.05) is 69.8 Å². The van der Waals surface area contributed by atoms with Crippen molar-refractivity contribution in [2.24, 2.45) is 0 Å². The predicted molar refractivity (Wildman–Crippen MR) is 120 cm³/mol. The van der Waals surface area contributed by atoms with Gasteiger partial charge in [-0.05, 0) is 86.3 Å². The first-order valence-corrected chi connectivity index (χ1v) is 11.9. The van der Waals surface area contributed by atoms with Gasteiger partial charge < -0.3 is 4.74 Å². The van der Waals surface area contributed by atoms with Crippen LogP contribution in [0.25, 0.3) is 0 Å². The number of carbonyl (C=O) groups is 1.